The maximum absolute atomic E-state index is 5.75. The molecule has 0 radical (unpaired) electrons. The van der Waals surface area contributed by atoms with E-state index in [-0.39, 0.29) is 5.60 Å². The Hall–Kier alpha value is -1.06. The summed E-state index contributed by atoms with van der Waals surface area (Å²) in [5.41, 5.74) is 2.72. The summed E-state index contributed by atoms with van der Waals surface area (Å²) in [6.45, 7) is 6.98. The minimum absolute atomic E-state index is 0.0156. The molecule has 1 aromatic carbocycles. The molecule has 1 saturated heterocycles. The van der Waals surface area contributed by atoms with E-state index in [2.05, 4.69) is 37.4 Å². The molecule has 1 N–H and O–H groups in total. The molecule has 0 bridgehead atoms. The lowest BCUT2D eigenvalue weighted by molar-refractivity contribution is -0.0630. The lowest BCUT2D eigenvalue weighted by Gasteiger charge is -2.36. The normalized spacial score (nSPS) is 24.8. The maximum Gasteiger partial charge on any atom is 0.122 e. The first-order valence-electron chi connectivity index (χ1n) is 7.24. The van der Waals surface area contributed by atoms with Gasteiger partial charge in [0.05, 0.1) is 12.2 Å². The predicted octanol–water partition coefficient (Wildman–Crippen LogP) is 2.67. The van der Waals surface area contributed by atoms with Crippen LogP contribution in [0.5, 0.6) is 5.75 Å². The van der Waals surface area contributed by atoms with Crippen molar-refractivity contribution in [3.63, 3.8) is 0 Å². The molecule has 1 aromatic rings. The van der Waals surface area contributed by atoms with Gasteiger partial charge in [0.25, 0.3) is 0 Å². The summed E-state index contributed by atoms with van der Waals surface area (Å²) in [5, 5.41) is 3.66. The summed E-state index contributed by atoms with van der Waals surface area (Å²) in [6, 6.07) is 7.11. The first-order valence-corrected chi connectivity index (χ1v) is 7.24. The van der Waals surface area contributed by atoms with Crippen LogP contribution in [0.1, 0.15) is 37.8 Å². The summed E-state index contributed by atoms with van der Waals surface area (Å²) < 4.78 is 11.3. The Morgan fingerprint density at radius 3 is 3.05 bits per heavy atom. The molecule has 1 unspecified atom stereocenters. The van der Waals surface area contributed by atoms with Crippen molar-refractivity contribution in [2.75, 3.05) is 13.2 Å². The van der Waals surface area contributed by atoms with Crippen LogP contribution >= 0.6 is 0 Å². The number of fused-ring (bicyclic) bond motifs is 1. The van der Waals surface area contributed by atoms with Gasteiger partial charge < -0.3 is 14.8 Å². The standard InChI is InChI=1S/C16H23NO2/c1-16(2)10-14(6-8-19-16)17-11-12-3-4-15-13(9-12)5-7-18-15/h3-4,9,14,17H,5-8,10-11H2,1-2H3. The molecule has 2 aliphatic heterocycles. The summed E-state index contributed by atoms with van der Waals surface area (Å²) in [7, 11) is 0. The maximum atomic E-state index is 5.75. The molecule has 1 fully saturated rings. The van der Waals surface area contributed by atoms with Crippen molar-refractivity contribution in [2.24, 2.45) is 0 Å². The van der Waals surface area contributed by atoms with Gasteiger partial charge in [0.1, 0.15) is 5.75 Å². The Morgan fingerprint density at radius 1 is 1.32 bits per heavy atom. The molecule has 19 heavy (non-hydrogen) atoms. The van der Waals surface area contributed by atoms with E-state index in [1.54, 1.807) is 0 Å². The van der Waals surface area contributed by atoms with E-state index < -0.39 is 0 Å². The van der Waals surface area contributed by atoms with Gasteiger partial charge >= 0.3 is 0 Å². The SMILES string of the molecule is CC1(C)CC(NCc2ccc3c(c2)CCO3)CCO1. The lowest BCUT2D eigenvalue weighted by atomic mass is 9.94. The van der Waals surface area contributed by atoms with E-state index in [4.69, 9.17) is 9.47 Å². The van der Waals surface area contributed by atoms with Gasteiger partial charge in [-0.1, -0.05) is 12.1 Å². The molecule has 2 aliphatic rings. The third-order valence-corrected chi connectivity index (χ3v) is 4.05. The average molecular weight is 261 g/mol. The molecule has 3 heteroatoms. The van der Waals surface area contributed by atoms with Crippen molar-refractivity contribution < 1.29 is 9.47 Å². The van der Waals surface area contributed by atoms with Crippen LogP contribution in [0.2, 0.25) is 0 Å². The van der Waals surface area contributed by atoms with E-state index in [1.807, 2.05) is 0 Å². The monoisotopic (exact) mass is 261 g/mol. The van der Waals surface area contributed by atoms with Crippen LogP contribution < -0.4 is 10.1 Å². The Labute approximate surface area is 115 Å². The predicted molar refractivity (Wildman–Crippen MR) is 75.5 cm³/mol. The first-order chi connectivity index (χ1) is 9.12. The van der Waals surface area contributed by atoms with Gasteiger partial charge in [0.2, 0.25) is 0 Å². The van der Waals surface area contributed by atoms with Crippen LogP contribution in [0.3, 0.4) is 0 Å². The highest BCUT2D eigenvalue weighted by Gasteiger charge is 2.28. The van der Waals surface area contributed by atoms with Gasteiger partial charge in [-0.25, -0.2) is 0 Å². The summed E-state index contributed by atoms with van der Waals surface area (Å²) in [4.78, 5) is 0. The smallest absolute Gasteiger partial charge is 0.122 e. The van der Waals surface area contributed by atoms with Crippen molar-refractivity contribution in [3.8, 4) is 5.75 Å². The van der Waals surface area contributed by atoms with Crippen LogP contribution in [0.25, 0.3) is 0 Å². The third kappa shape index (κ3) is 3.10. The van der Waals surface area contributed by atoms with E-state index in [1.165, 1.54) is 11.1 Å². The number of benzene rings is 1. The topological polar surface area (TPSA) is 30.5 Å². The fraction of sp³-hybridized carbons (Fsp3) is 0.625. The van der Waals surface area contributed by atoms with Crippen molar-refractivity contribution in [1.29, 1.82) is 0 Å². The Kier molecular flexibility index (Phi) is 3.50. The Morgan fingerprint density at radius 2 is 2.21 bits per heavy atom. The van der Waals surface area contributed by atoms with Crippen LogP contribution in [0.4, 0.5) is 0 Å². The second-order valence-corrected chi connectivity index (χ2v) is 6.22. The number of hydrogen-bond acceptors (Lipinski definition) is 3. The Bertz CT molecular complexity index is 456. The number of nitrogens with one attached hydrogen (secondary N) is 1. The van der Waals surface area contributed by atoms with E-state index in [9.17, 15) is 0 Å². The largest absolute Gasteiger partial charge is 0.493 e. The molecule has 2 heterocycles. The highest BCUT2D eigenvalue weighted by atomic mass is 16.5. The molecular weight excluding hydrogens is 238 g/mol. The zero-order chi connectivity index (χ0) is 13.3. The van der Waals surface area contributed by atoms with Crippen molar-refractivity contribution >= 4 is 0 Å². The molecule has 0 amide bonds. The molecule has 0 aliphatic carbocycles. The van der Waals surface area contributed by atoms with Gasteiger partial charge in [-0.15, -0.1) is 0 Å². The first kappa shape index (κ1) is 12.9. The van der Waals surface area contributed by atoms with Crippen molar-refractivity contribution in [1.82, 2.24) is 5.32 Å². The summed E-state index contributed by atoms with van der Waals surface area (Å²) in [6.07, 6.45) is 3.24. The molecule has 0 spiro atoms. The molecule has 1 atom stereocenters. The van der Waals surface area contributed by atoms with Gasteiger partial charge in [-0.2, -0.15) is 0 Å². The Balaban J connectivity index is 1.57. The highest BCUT2D eigenvalue weighted by molar-refractivity contribution is 5.39. The van der Waals surface area contributed by atoms with Crippen LogP contribution in [0, 0.1) is 0 Å². The second kappa shape index (κ2) is 5.14. The van der Waals surface area contributed by atoms with E-state index in [0.717, 1.165) is 44.8 Å². The van der Waals surface area contributed by atoms with E-state index >= 15 is 0 Å². The summed E-state index contributed by atoms with van der Waals surface area (Å²) in [5.74, 6) is 1.07. The molecule has 0 aromatic heterocycles. The fourth-order valence-electron chi connectivity index (χ4n) is 3.02. The highest BCUT2D eigenvalue weighted by Crippen LogP contribution is 2.27. The second-order valence-electron chi connectivity index (χ2n) is 6.22. The number of ether oxygens (including phenoxy) is 2. The number of hydrogen-bond donors (Lipinski definition) is 1. The van der Waals surface area contributed by atoms with Crippen molar-refractivity contribution in [2.45, 2.75) is 51.3 Å². The number of rotatable bonds is 3. The fourth-order valence-corrected chi connectivity index (χ4v) is 3.02. The molecule has 104 valence electrons. The lowest BCUT2D eigenvalue weighted by Crippen LogP contribution is -2.43. The van der Waals surface area contributed by atoms with Crippen molar-refractivity contribution in [3.05, 3.63) is 29.3 Å². The summed E-state index contributed by atoms with van der Waals surface area (Å²) >= 11 is 0. The van der Waals surface area contributed by atoms with Gasteiger partial charge in [0, 0.05) is 25.6 Å². The van der Waals surface area contributed by atoms with Gasteiger partial charge in [0.15, 0.2) is 0 Å². The van der Waals surface area contributed by atoms with Crippen LogP contribution in [0.15, 0.2) is 18.2 Å². The quantitative estimate of drug-likeness (QED) is 0.907. The molecular formula is C16H23NO2. The average Bonchev–Trinajstić information content (AvgIpc) is 2.82. The molecule has 3 nitrogen and oxygen atoms in total. The van der Waals surface area contributed by atoms with E-state index in [0.29, 0.717) is 6.04 Å². The van der Waals surface area contributed by atoms with Crippen LogP contribution in [-0.4, -0.2) is 24.9 Å². The molecule has 3 rings (SSSR count). The third-order valence-electron chi connectivity index (χ3n) is 4.05. The molecule has 0 saturated carbocycles. The minimum Gasteiger partial charge on any atom is -0.493 e. The zero-order valence-electron chi connectivity index (χ0n) is 11.9. The van der Waals surface area contributed by atoms with Gasteiger partial charge in [-0.3, -0.25) is 0 Å². The zero-order valence-corrected chi connectivity index (χ0v) is 11.9. The van der Waals surface area contributed by atoms with Crippen LogP contribution in [-0.2, 0) is 17.7 Å². The minimum atomic E-state index is 0.0156. The van der Waals surface area contributed by atoms with Gasteiger partial charge in [-0.05, 0) is 43.9 Å².